The average molecular weight is 275 g/mol. The van der Waals surface area contributed by atoms with Crippen LogP contribution in [0.2, 0.25) is 0 Å². The molecule has 106 valence electrons. The second-order valence-electron chi connectivity index (χ2n) is 4.79. The fraction of sp³-hybridized carbons (Fsp3) is 0.250. The Bertz CT molecular complexity index is 488. The molecule has 0 saturated carbocycles. The van der Waals surface area contributed by atoms with Crippen LogP contribution in [-0.2, 0) is 0 Å². The molecule has 20 heavy (non-hydrogen) atoms. The third-order valence-corrected chi connectivity index (χ3v) is 3.28. The van der Waals surface area contributed by atoms with E-state index in [1.807, 2.05) is 24.1 Å². The number of nitrogens with zero attached hydrogens (tertiary/aromatic N) is 1. The van der Waals surface area contributed by atoms with Gasteiger partial charge >= 0.3 is 0 Å². The van der Waals surface area contributed by atoms with Gasteiger partial charge < -0.3 is 15.1 Å². The molecule has 0 aliphatic rings. The molecule has 2 aromatic rings. The van der Waals surface area contributed by atoms with E-state index in [4.69, 9.17) is 0 Å². The fourth-order valence-electron chi connectivity index (χ4n) is 2.00. The number of aliphatic hydroxyl groups excluding tert-OH is 1. The molecule has 0 amide bonds. The van der Waals surface area contributed by atoms with Gasteiger partial charge in [0, 0.05) is 19.3 Å². The van der Waals surface area contributed by atoms with E-state index < -0.39 is 6.10 Å². The van der Waals surface area contributed by atoms with E-state index in [0.717, 1.165) is 5.69 Å². The van der Waals surface area contributed by atoms with Crippen LogP contribution in [0.1, 0.15) is 18.1 Å². The van der Waals surface area contributed by atoms with Gasteiger partial charge in [0.25, 0.3) is 0 Å². The minimum Gasteiger partial charge on any atom is -0.508 e. The number of hydrogen-bond donors (Lipinski definition) is 2. The third kappa shape index (κ3) is 3.71. The van der Waals surface area contributed by atoms with Crippen molar-refractivity contribution < 1.29 is 14.6 Å². The third-order valence-electron chi connectivity index (χ3n) is 3.28. The van der Waals surface area contributed by atoms with E-state index in [0.29, 0.717) is 18.5 Å². The van der Waals surface area contributed by atoms with Crippen LogP contribution < -0.4 is 4.90 Å². The number of aromatic hydroxyl groups is 1. The van der Waals surface area contributed by atoms with Crippen LogP contribution in [0.25, 0.3) is 0 Å². The Kier molecular flexibility index (Phi) is 4.58. The number of rotatable bonds is 5. The Morgan fingerprint density at radius 1 is 1.05 bits per heavy atom. The molecule has 0 fully saturated rings. The average Bonchev–Trinajstić information content (AvgIpc) is 2.46. The minimum atomic E-state index is -0.616. The van der Waals surface area contributed by atoms with Crippen molar-refractivity contribution in [1.82, 2.24) is 0 Å². The topological polar surface area (TPSA) is 43.7 Å². The van der Waals surface area contributed by atoms with Gasteiger partial charge in [0.2, 0.25) is 0 Å². The van der Waals surface area contributed by atoms with Gasteiger partial charge in [-0.2, -0.15) is 0 Å². The molecule has 0 aliphatic carbocycles. The van der Waals surface area contributed by atoms with Crippen molar-refractivity contribution in [3.05, 3.63) is 59.9 Å². The first-order valence-electron chi connectivity index (χ1n) is 6.50. The summed E-state index contributed by atoms with van der Waals surface area (Å²) < 4.78 is 12.8. The zero-order valence-electron chi connectivity index (χ0n) is 11.3. The Labute approximate surface area is 117 Å². The molecular formula is C16H18FNO2. The predicted octanol–water partition coefficient (Wildman–Crippen LogP) is 3.09. The van der Waals surface area contributed by atoms with Crippen LogP contribution in [0.4, 0.5) is 10.1 Å². The number of aliphatic hydroxyl groups is 1. The molecule has 4 heteroatoms. The highest BCUT2D eigenvalue weighted by atomic mass is 19.1. The molecule has 0 saturated heterocycles. The molecule has 2 rings (SSSR count). The maximum absolute atomic E-state index is 12.8. The smallest absolute Gasteiger partial charge is 0.123 e. The number of phenolic OH excluding ortho intramolecular Hbond substituents is 1. The van der Waals surface area contributed by atoms with Crippen LogP contribution in [0.3, 0.4) is 0 Å². The second kappa shape index (κ2) is 6.39. The van der Waals surface area contributed by atoms with Gasteiger partial charge in [-0.1, -0.05) is 12.1 Å². The van der Waals surface area contributed by atoms with Gasteiger partial charge in [0.1, 0.15) is 11.6 Å². The lowest BCUT2D eigenvalue weighted by atomic mass is 10.1. The van der Waals surface area contributed by atoms with E-state index in [1.54, 1.807) is 24.3 Å². The van der Waals surface area contributed by atoms with E-state index in [9.17, 15) is 14.6 Å². The molecule has 0 aliphatic heterocycles. The van der Waals surface area contributed by atoms with Crippen molar-refractivity contribution in [2.45, 2.75) is 12.5 Å². The van der Waals surface area contributed by atoms with Gasteiger partial charge in [-0.15, -0.1) is 0 Å². The highest BCUT2D eigenvalue weighted by Crippen LogP contribution is 2.21. The summed E-state index contributed by atoms with van der Waals surface area (Å²) in [4.78, 5) is 1.99. The van der Waals surface area contributed by atoms with Crippen LogP contribution in [0, 0.1) is 5.82 Å². The monoisotopic (exact) mass is 275 g/mol. The summed E-state index contributed by atoms with van der Waals surface area (Å²) in [5.74, 6) is -0.0735. The van der Waals surface area contributed by atoms with Crippen molar-refractivity contribution in [3.63, 3.8) is 0 Å². The summed E-state index contributed by atoms with van der Waals surface area (Å²) >= 11 is 0. The molecule has 0 bridgehead atoms. The zero-order chi connectivity index (χ0) is 14.5. The summed E-state index contributed by atoms with van der Waals surface area (Å²) in [5.41, 5.74) is 1.68. The Morgan fingerprint density at radius 3 is 2.25 bits per heavy atom. The van der Waals surface area contributed by atoms with E-state index in [2.05, 4.69) is 0 Å². The molecule has 2 aromatic carbocycles. The lowest BCUT2D eigenvalue weighted by Crippen LogP contribution is -2.20. The molecule has 0 heterocycles. The quantitative estimate of drug-likeness (QED) is 0.881. The van der Waals surface area contributed by atoms with Crippen LogP contribution >= 0.6 is 0 Å². The Balaban J connectivity index is 1.91. The van der Waals surface area contributed by atoms with Crippen molar-refractivity contribution in [2.24, 2.45) is 0 Å². The highest BCUT2D eigenvalue weighted by Gasteiger charge is 2.09. The van der Waals surface area contributed by atoms with Gasteiger partial charge in [-0.25, -0.2) is 4.39 Å². The number of hydrogen-bond acceptors (Lipinski definition) is 3. The highest BCUT2D eigenvalue weighted by molar-refractivity contribution is 5.48. The summed E-state index contributed by atoms with van der Waals surface area (Å²) in [6.07, 6.45) is -0.0709. The van der Waals surface area contributed by atoms with E-state index in [1.165, 1.54) is 12.1 Å². The van der Waals surface area contributed by atoms with Crippen molar-refractivity contribution >= 4 is 5.69 Å². The van der Waals surface area contributed by atoms with Crippen molar-refractivity contribution in [2.75, 3.05) is 18.5 Å². The molecular weight excluding hydrogens is 257 g/mol. The minimum absolute atomic E-state index is 0.230. The van der Waals surface area contributed by atoms with Crippen LogP contribution in [-0.4, -0.2) is 23.8 Å². The lowest BCUT2D eigenvalue weighted by molar-refractivity contribution is 0.169. The summed E-state index contributed by atoms with van der Waals surface area (Å²) in [6, 6.07) is 12.8. The second-order valence-corrected chi connectivity index (χ2v) is 4.79. The normalized spacial score (nSPS) is 12.2. The molecule has 3 nitrogen and oxygen atoms in total. The number of anilines is 1. The number of phenols is 1. The van der Waals surface area contributed by atoms with E-state index >= 15 is 0 Å². The fourth-order valence-corrected chi connectivity index (χ4v) is 2.00. The molecule has 1 atom stereocenters. The first-order valence-corrected chi connectivity index (χ1v) is 6.50. The summed E-state index contributed by atoms with van der Waals surface area (Å²) in [6.45, 7) is 0.656. The summed E-state index contributed by atoms with van der Waals surface area (Å²) in [7, 11) is 1.92. The molecule has 1 unspecified atom stereocenters. The summed E-state index contributed by atoms with van der Waals surface area (Å²) in [5, 5.41) is 19.3. The molecule has 0 spiro atoms. The molecule has 0 aromatic heterocycles. The van der Waals surface area contributed by atoms with Gasteiger partial charge in [0.05, 0.1) is 6.10 Å². The molecule has 2 N–H and O–H groups in total. The SMILES string of the molecule is CN(CCC(O)c1ccc(F)cc1)c1ccc(O)cc1. The van der Waals surface area contributed by atoms with Crippen LogP contribution in [0.5, 0.6) is 5.75 Å². The van der Waals surface area contributed by atoms with E-state index in [-0.39, 0.29) is 11.6 Å². The maximum atomic E-state index is 12.8. The maximum Gasteiger partial charge on any atom is 0.123 e. The van der Waals surface area contributed by atoms with Gasteiger partial charge in [0.15, 0.2) is 0 Å². The Morgan fingerprint density at radius 2 is 1.65 bits per heavy atom. The molecule has 0 radical (unpaired) electrons. The standard InChI is InChI=1S/C16H18FNO2/c1-18(14-6-8-15(19)9-7-14)11-10-16(20)12-2-4-13(17)5-3-12/h2-9,16,19-20H,10-11H2,1H3. The lowest BCUT2D eigenvalue weighted by Gasteiger charge is -2.21. The number of benzene rings is 2. The van der Waals surface area contributed by atoms with Gasteiger partial charge in [-0.3, -0.25) is 0 Å². The largest absolute Gasteiger partial charge is 0.508 e. The first kappa shape index (κ1) is 14.3. The van der Waals surface area contributed by atoms with Crippen molar-refractivity contribution in [3.8, 4) is 5.75 Å². The number of halogens is 1. The van der Waals surface area contributed by atoms with Crippen LogP contribution in [0.15, 0.2) is 48.5 Å². The zero-order valence-corrected chi connectivity index (χ0v) is 11.3. The van der Waals surface area contributed by atoms with Gasteiger partial charge in [-0.05, 0) is 48.4 Å². The van der Waals surface area contributed by atoms with Crippen molar-refractivity contribution in [1.29, 1.82) is 0 Å². The first-order chi connectivity index (χ1) is 9.56. The predicted molar refractivity (Wildman–Crippen MR) is 77.4 cm³/mol. The Hall–Kier alpha value is -2.07.